The molecule has 0 fully saturated rings. The molecule has 0 aromatic heterocycles. The van der Waals surface area contributed by atoms with E-state index in [4.69, 9.17) is 0 Å². The van der Waals surface area contributed by atoms with Crippen LogP contribution in [0.5, 0.6) is 0 Å². The summed E-state index contributed by atoms with van der Waals surface area (Å²) in [4.78, 5) is 0. The zero-order valence-electron chi connectivity index (χ0n) is 15.5. The van der Waals surface area contributed by atoms with E-state index in [0.717, 1.165) is 22.6 Å². The maximum Gasteiger partial charge on any atom is 0.460 e. The predicted molar refractivity (Wildman–Crippen MR) is 86.9 cm³/mol. The van der Waals surface area contributed by atoms with Gasteiger partial charge in [0.25, 0.3) is 0 Å². The highest BCUT2D eigenvalue weighted by Gasteiger charge is 2.93. The van der Waals surface area contributed by atoms with Gasteiger partial charge in [-0.3, -0.25) is 0 Å². The fourth-order valence-electron chi connectivity index (χ4n) is 2.33. The van der Waals surface area contributed by atoms with Crippen LogP contribution >= 0.6 is 22.6 Å². The first-order valence-corrected chi connectivity index (χ1v) is 9.61. The van der Waals surface area contributed by atoms with Crippen LogP contribution in [-0.2, 0) is 0 Å². The molecule has 0 aliphatic rings. The van der Waals surface area contributed by atoms with Gasteiger partial charge in [-0.1, -0.05) is 55.7 Å². The first-order valence-electron chi connectivity index (χ1n) is 8.37. The van der Waals surface area contributed by atoms with Gasteiger partial charge >= 0.3 is 41.7 Å². The van der Waals surface area contributed by atoms with Crippen LogP contribution in [0, 0.1) is 5.92 Å². The van der Waals surface area contributed by atoms with Gasteiger partial charge in [0.1, 0.15) is 0 Å². The molecule has 0 bridgehead atoms. The van der Waals surface area contributed by atoms with Crippen molar-refractivity contribution in [1.29, 1.82) is 0 Å². The van der Waals surface area contributed by atoms with Gasteiger partial charge in [0.2, 0.25) is 0 Å². The van der Waals surface area contributed by atoms with E-state index in [-0.39, 0.29) is 19.8 Å². The maximum absolute atomic E-state index is 14.1. The Morgan fingerprint density at radius 3 is 1.29 bits per heavy atom. The highest BCUT2D eigenvalue weighted by atomic mass is 127. The molecule has 0 heterocycles. The largest absolute Gasteiger partial charge is 0.460 e. The fraction of sp³-hybridized carbons (Fsp3) is 1.00. The molecule has 0 saturated carbocycles. The third-order valence-corrected chi connectivity index (χ3v) is 6.25. The molecule has 188 valence electrons. The maximum atomic E-state index is 14.1. The highest BCUT2D eigenvalue weighted by molar-refractivity contribution is 14.1. The summed E-state index contributed by atoms with van der Waals surface area (Å²) in [6.07, 6.45) is -6.91. The normalized spacial score (nSPS) is 17.6. The lowest BCUT2D eigenvalue weighted by atomic mass is 9.85. The summed E-state index contributed by atoms with van der Waals surface area (Å²) in [5, 5.41) is 0. The van der Waals surface area contributed by atoms with Crippen LogP contribution in [0.3, 0.4) is 0 Å². The lowest BCUT2D eigenvalue weighted by molar-refractivity contribution is -0.454. The first kappa shape index (κ1) is 30.7. The zero-order chi connectivity index (χ0) is 25.5. The Labute approximate surface area is 180 Å². The number of alkyl halides is 16. The minimum Gasteiger partial charge on any atom is -0.199 e. The van der Waals surface area contributed by atoms with E-state index in [1.54, 1.807) is 6.92 Å². The second-order valence-corrected chi connectivity index (χ2v) is 8.39. The molecule has 0 N–H and O–H groups in total. The monoisotopic (exact) mass is 608 g/mol. The van der Waals surface area contributed by atoms with Gasteiger partial charge in [0.15, 0.2) is 0 Å². The SMILES string of the molecule is CCCCCC(I)C(C)C(F)(F)C(F)(F)C(F)(F)C(F)(F)C(F)(F)C(F)(F)C(F)(F)F. The van der Waals surface area contributed by atoms with Crippen molar-refractivity contribution in [3.8, 4) is 0 Å². The van der Waals surface area contributed by atoms with Crippen LogP contribution in [0.25, 0.3) is 0 Å². The van der Waals surface area contributed by atoms with Crippen LogP contribution < -0.4 is 0 Å². The smallest absolute Gasteiger partial charge is 0.199 e. The lowest BCUT2D eigenvalue weighted by Crippen LogP contribution is -2.73. The molecule has 2 atom stereocenters. The quantitative estimate of drug-likeness (QED) is 0.0958. The van der Waals surface area contributed by atoms with E-state index in [9.17, 15) is 65.9 Å². The van der Waals surface area contributed by atoms with E-state index in [0.29, 0.717) is 12.8 Å². The molecule has 31 heavy (non-hydrogen) atoms. The van der Waals surface area contributed by atoms with E-state index < -0.39 is 51.6 Å². The van der Waals surface area contributed by atoms with Gasteiger partial charge < -0.3 is 0 Å². The summed E-state index contributed by atoms with van der Waals surface area (Å²) < 4.78 is 196. The number of unbranched alkanes of at least 4 members (excludes halogenated alkanes) is 2. The number of rotatable bonds is 11. The molecule has 0 saturated heterocycles. The van der Waals surface area contributed by atoms with Crippen molar-refractivity contribution < 1.29 is 65.9 Å². The topological polar surface area (TPSA) is 0 Å². The Hall–Kier alpha value is -0.320. The van der Waals surface area contributed by atoms with Crippen molar-refractivity contribution in [2.45, 2.75) is 85.2 Å². The van der Waals surface area contributed by atoms with Crippen LogP contribution in [0.15, 0.2) is 0 Å². The molecule has 0 radical (unpaired) electrons. The summed E-state index contributed by atoms with van der Waals surface area (Å²) in [5.74, 6) is -48.9. The third kappa shape index (κ3) is 4.82. The second-order valence-electron chi connectivity index (χ2n) is 6.79. The summed E-state index contributed by atoms with van der Waals surface area (Å²) in [7, 11) is 0. The van der Waals surface area contributed by atoms with Gasteiger partial charge in [0.05, 0.1) is 0 Å². The molecule has 2 unspecified atom stereocenters. The molecular formula is C15H16F15I. The second kappa shape index (κ2) is 9.14. The fourth-order valence-corrected chi connectivity index (χ4v) is 3.22. The van der Waals surface area contributed by atoms with Gasteiger partial charge in [-0.25, -0.2) is 0 Å². The molecule has 0 amide bonds. The molecule has 0 aromatic rings. The van der Waals surface area contributed by atoms with Crippen molar-refractivity contribution in [3.05, 3.63) is 0 Å². The molecule has 0 spiro atoms. The van der Waals surface area contributed by atoms with Gasteiger partial charge in [-0.05, 0) is 6.42 Å². The summed E-state index contributed by atoms with van der Waals surface area (Å²) in [6, 6.07) is 0. The molecular weight excluding hydrogens is 592 g/mol. The minimum atomic E-state index is -8.23. The Bertz CT molecular complexity index is 596. The average molecular weight is 608 g/mol. The van der Waals surface area contributed by atoms with Crippen LogP contribution in [0.1, 0.15) is 39.5 Å². The van der Waals surface area contributed by atoms with Gasteiger partial charge in [-0.15, -0.1) is 0 Å². The van der Waals surface area contributed by atoms with Crippen molar-refractivity contribution in [3.63, 3.8) is 0 Å². The Balaban J connectivity index is 6.31. The van der Waals surface area contributed by atoms with E-state index in [2.05, 4.69) is 0 Å². The molecule has 0 nitrogen and oxygen atoms in total. The third-order valence-electron chi connectivity index (χ3n) is 4.55. The molecule has 0 rings (SSSR count). The first-order chi connectivity index (χ1) is 13.4. The predicted octanol–water partition coefficient (Wildman–Crippen LogP) is 8.38. The Morgan fingerprint density at radius 1 is 0.581 bits per heavy atom. The molecule has 0 aliphatic carbocycles. The van der Waals surface area contributed by atoms with Crippen LogP contribution in [0.4, 0.5) is 65.9 Å². The zero-order valence-corrected chi connectivity index (χ0v) is 17.7. The molecule has 0 aromatic carbocycles. The van der Waals surface area contributed by atoms with E-state index in [1.165, 1.54) is 0 Å². The van der Waals surface area contributed by atoms with Crippen molar-refractivity contribution in [2.75, 3.05) is 0 Å². The summed E-state index contributed by atoms with van der Waals surface area (Å²) >= 11 is 1.10. The van der Waals surface area contributed by atoms with E-state index in [1.807, 2.05) is 0 Å². The average Bonchev–Trinajstić information content (AvgIpc) is 2.59. The molecule has 0 aliphatic heterocycles. The van der Waals surface area contributed by atoms with Gasteiger partial charge in [0, 0.05) is 9.84 Å². The van der Waals surface area contributed by atoms with E-state index >= 15 is 0 Å². The van der Waals surface area contributed by atoms with Crippen molar-refractivity contribution in [1.82, 2.24) is 0 Å². The number of hydrogen-bond acceptors (Lipinski definition) is 0. The lowest BCUT2D eigenvalue weighted by Gasteiger charge is -2.43. The van der Waals surface area contributed by atoms with Gasteiger partial charge in [-0.2, -0.15) is 65.9 Å². The minimum absolute atomic E-state index is 0.110. The Kier molecular flexibility index (Phi) is 9.05. The Morgan fingerprint density at radius 2 is 0.935 bits per heavy atom. The number of hydrogen-bond donors (Lipinski definition) is 0. The standard InChI is InChI=1S/C15H16F15I/c1-3-4-5-6-8(31)7(2)9(16,17)10(18,19)11(20,21)12(22,23)13(24,25)14(26,27)15(28,29)30/h7-8H,3-6H2,1-2H3. The number of halogens is 16. The molecule has 16 heteroatoms. The summed E-state index contributed by atoms with van der Waals surface area (Å²) in [6.45, 7) is 1.85. The summed E-state index contributed by atoms with van der Waals surface area (Å²) in [5.41, 5.74) is 0. The highest BCUT2D eigenvalue weighted by Crippen LogP contribution is 2.63. The van der Waals surface area contributed by atoms with Crippen LogP contribution in [-0.4, -0.2) is 45.6 Å². The van der Waals surface area contributed by atoms with Crippen LogP contribution in [0.2, 0.25) is 0 Å². The van der Waals surface area contributed by atoms with Crippen molar-refractivity contribution in [2.24, 2.45) is 5.92 Å². The van der Waals surface area contributed by atoms with Crippen molar-refractivity contribution >= 4 is 22.6 Å².